The second kappa shape index (κ2) is 7.87. The van der Waals surface area contributed by atoms with Crippen LogP contribution in [-0.4, -0.2) is 42.8 Å². The van der Waals surface area contributed by atoms with E-state index >= 15 is 0 Å². The zero-order chi connectivity index (χ0) is 18.4. The van der Waals surface area contributed by atoms with Gasteiger partial charge >= 0.3 is 5.97 Å². The molecule has 0 radical (unpaired) electrons. The molecule has 1 aliphatic rings. The lowest BCUT2D eigenvalue weighted by Crippen LogP contribution is -2.45. The first-order chi connectivity index (χ1) is 11.9. The summed E-state index contributed by atoms with van der Waals surface area (Å²) < 4.78 is 10.4. The van der Waals surface area contributed by atoms with E-state index in [1.807, 2.05) is 0 Å². The first-order valence-corrected chi connectivity index (χ1v) is 8.10. The van der Waals surface area contributed by atoms with Crippen molar-refractivity contribution in [1.82, 2.24) is 10.6 Å². The van der Waals surface area contributed by atoms with Crippen LogP contribution >= 0.6 is 0 Å². The average molecular weight is 350 g/mol. The van der Waals surface area contributed by atoms with Gasteiger partial charge in [-0.1, -0.05) is 13.8 Å². The quantitative estimate of drug-likeness (QED) is 0.648. The van der Waals surface area contributed by atoms with Crippen LogP contribution < -0.4 is 20.1 Å². The van der Waals surface area contributed by atoms with Gasteiger partial charge in [0.1, 0.15) is 0 Å². The molecule has 0 aromatic heterocycles. The van der Waals surface area contributed by atoms with Gasteiger partial charge in [-0.25, -0.2) is 0 Å². The lowest BCUT2D eigenvalue weighted by atomic mass is 9.82. The summed E-state index contributed by atoms with van der Waals surface area (Å²) in [5, 5.41) is 14.4. The number of benzene rings is 1. The molecule has 8 nitrogen and oxygen atoms in total. The number of nitrogens with one attached hydrogen (secondary N) is 2. The SMILES string of the molecule is CCC(CC)(CNC(=O)CNC(=O)c1ccc2c(c1)OCO2)C(=O)O. The third kappa shape index (κ3) is 4.20. The van der Waals surface area contributed by atoms with E-state index in [-0.39, 0.29) is 19.9 Å². The second-order valence-corrected chi connectivity index (χ2v) is 5.82. The van der Waals surface area contributed by atoms with Crippen LogP contribution in [0, 0.1) is 5.41 Å². The molecule has 3 N–H and O–H groups in total. The Kier molecular flexibility index (Phi) is 5.84. The van der Waals surface area contributed by atoms with Crippen molar-refractivity contribution in [3.05, 3.63) is 23.8 Å². The minimum Gasteiger partial charge on any atom is -0.481 e. The van der Waals surface area contributed by atoms with E-state index in [0.29, 0.717) is 29.9 Å². The van der Waals surface area contributed by atoms with Gasteiger partial charge in [-0.2, -0.15) is 0 Å². The summed E-state index contributed by atoms with van der Waals surface area (Å²) in [6.07, 6.45) is 0.811. The minimum absolute atomic E-state index is 0.0219. The Hall–Kier alpha value is -2.77. The molecule has 1 aliphatic heterocycles. The fraction of sp³-hybridized carbons (Fsp3) is 0.471. The Morgan fingerprint density at radius 2 is 1.80 bits per heavy atom. The minimum atomic E-state index is -0.989. The largest absolute Gasteiger partial charge is 0.481 e. The number of aliphatic carboxylic acids is 1. The summed E-state index contributed by atoms with van der Waals surface area (Å²) in [5.74, 6) is -0.764. The Morgan fingerprint density at radius 1 is 1.12 bits per heavy atom. The topological polar surface area (TPSA) is 114 Å². The monoisotopic (exact) mass is 350 g/mol. The first kappa shape index (κ1) is 18.6. The van der Waals surface area contributed by atoms with E-state index in [0.717, 1.165) is 0 Å². The second-order valence-electron chi connectivity index (χ2n) is 5.82. The maximum atomic E-state index is 12.1. The molecule has 0 bridgehead atoms. The number of carbonyl (C=O) groups excluding carboxylic acids is 2. The highest BCUT2D eigenvalue weighted by Gasteiger charge is 2.35. The Balaban J connectivity index is 1.85. The molecule has 0 fully saturated rings. The Labute approximate surface area is 145 Å². The highest BCUT2D eigenvalue weighted by atomic mass is 16.7. The highest BCUT2D eigenvalue weighted by molar-refractivity contribution is 5.97. The van der Waals surface area contributed by atoms with Crippen molar-refractivity contribution in [3.8, 4) is 11.5 Å². The molecule has 0 saturated carbocycles. The average Bonchev–Trinajstić information content (AvgIpc) is 3.08. The number of hydrogen-bond acceptors (Lipinski definition) is 5. The van der Waals surface area contributed by atoms with Gasteiger partial charge in [-0.05, 0) is 31.0 Å². The molecule has 0 unspecified atom stereocenters. The van der Waals surface area contributed by atoms with Crippen molar-refractivity contribution in [1.29, 1.82) is 0 Å². The number of rotatable bonds is 8. The zero-order valence-electron chi connectivity index (χ0n) is 14.3. The predicted molar refractivity (Wildman–Crippen MR) is 88.6 cm³/mol. The summed E-state index contributed by atoms with van der Waals surface area (Å²) in [7, 11) is 0. The smallest absolute Gasteiger partial charge is 0.311 e. The summed E-state index contributed by atoms with van der Waals surface area (Å²) in [6.45, 7) is 3.43. The van der Waals surface area contributed by atoms with Crippen molar-refractivity contribution in [2.75, 3.05) is 19.9 Å². The number of carboxylic acids is 1. The number of ether oxygens (including phenoxy) is 2. The molecule has 0 spiro atoms. The maximum Gasteiger partial charge on any atom is 0.311 e. The third-order valence-electron chi connectivity index (χ3n) is 4.48. The van der Waals surface area contributed by atoms with Crippen LogP contribution in [0.2, 0.25) is 0 Å². The standard InChI is InChI=1S/C17H22N2O6/c1-3-17(4-2,16(22)23)9-19-14(20)8-18-15(21)11-5-6-12-13(7-11)25-10-24-12/h5-7H,3-4,8-10H2,1-2H3,(H,18,21)(H,19,20)(H,22,23). The molecule has 1 aromatic rings. The lowest BCUT2D eigenvalue weighted by Gasteiger charge is -2.26. The van der Waals surface area contributed by atoms with Crippen LogP contribution in [0.25, 0.3) is 0 Å². The summed E-state index contributed by atoms with van der Waals surface area (Å²) in [4.78, 5) is 35.4. The number of carbonyl (C=O) groups is 3. The maximum absolute atomic E-state index is 12.1. The normalized spacial score (nSPS) is 12.6. The first-order valence-electron chi connectivity index (χ1n) is 8.10. The van der Waals surface area contributed by atoms with Crippen LogP contribution in [0.15, 0.2) is 18.2 Å². The number of fused-ring (bicyclic) bond motifs is 1. The molecular formula is C17H22N2O6. The molecule has 2 rings (SSSR count). The summed E-state index contributed by atoms with van der Waals surface area (Å²) >= 11 is 0. The van der Waals surface area contributed by atoms with Gasteiger partial charge in [-0.15, -0.1) is 0 Å². The lowest BCUT2D eigenvalue weighted by molar-refractivity contribution is -0.149. The van der Waals surface area contributed by atoms with Crippen LogP contribution in [0.1, 0.15) is 37.0 Å². The van der Waals surface area contributed by atoms with Crippen molar-refractivity contribution in [2.24, 2.45) is 5.41 Å². The summed E-state index contributed by atoms with van der Waals surface area (Å²) in [6, 6.07) is 4.74. The van der Waals surface area contributed by atoms with Crippen LogP contribution in [-0.2, 0) is 9.59 Å². The van der Waals surface area contributed by atoms with E-state index in [2.05, 4.69) is 10.6 Å². The van der Waals surface area contributed by atoms with Gasteiger partial charge < -0.3 is 25.2 Å². The van der Waals surface area contributed by atoms with Crippen molar-refractivity contribution in [2.45, 2.75) is 26.7 Å². The fourth-order valence-corrected chi connectivity index (χ4v) is 2.51. The van der Waals surface area contributed by atoms with Gasteiger partial charge in [-0.3, -0.25) is 14.4 Å². The summed E-state index contributed by atoms with van der Waals surface area (Å²) in [5.41, 5.74) is -0.643. The predicted octanol–water partition coefficient (Wildman–Crippen LogP) is 1.15. The Bertz CT molecular complexity index is 669. The molecule has 25 heavy (non-hydrogen) atoms. The molecule has 2 amide bonds. The van der Waals surface area contributed by atoms with Crippen molar-refractivity contribution in [3.63, 3.8) is 0 Å². The molecule has 1 heterocycles. The number of carboxylic acid groups (broad SMARTS) is 1. The highest BCUT2D eigenvalue weighted by Crippen LogP contribution is 2.32. The van der Waals surface area contributed by atoms with Crippen LogP contribution in [0.3, 0.4) is 0 Å². The van der Waals surface area contributed by atoms with Gasteiger partial charge in [0.15, 0.2) is 11.5 Å². The van der Waals surface area contributed by atoms with E-state index in [1.54, 1.807) is 32.0 Å². The van der Waals surface area contributed by atoms with Gasteiger partial charge in [0, 0.05) is 12.1 Å². The molecule has 1 aromatic carbocycles. The van der Waals surface area contributed by atoms with Crippen molar-refractivity contribution < 1.29 is 29.0 Å². The molecule has 136 valence electrons. The number of amides is 2. The molecule has 0 atom stereocenters. The van der Waals surface area contributed by atoms with Crippen LogP contribution in [0.4, 0.5) is 0 Å². The van der Waals surface area contributed by atoms with E-state index in [4.69, 9.17) is 9.47 Å². The number of hydrogen-bond donors (Lipinski definition) is 3. The van der Waals surface area contributed by atoms with E-state index in [9.17, 15) is 19.5 Å². The van der Waals surface area contributed by atoms with E-state index < -0.39 is 23.2 Å². The van der Waals surface area contributed by atoms with Crippen LogP contribution in [0.5, 0.6) is 11.5 Å². The molecule has 0 aliphatic carbocycles. The van der Waals surface area contributed by atoms with Gasteiger partial charge in [0.2, 0.25) is 12.7 Å². The third-order valence-corrected chi connectivity index (χ3v) is 4.48. The van der Waals surface area contributed by atoms with Gasteiger partial charge in [0.05, 0.1) is 12.0 Å². The van der Waals surface area contributed by atoms with Crippen molar-refractivity contribution >= 4 is 17.8 Å². The zero-order valence-corrected chi connectivity index (χ0v) is 14.3. The Morgan fingerprint density at radius 3 is 2.44 bits per heavy atom. The molecular weight excluding hydrogens is 328 g/mol. The molecule has 8 heteroatoms. The molecule has 0 saturated heterocycles. The van der Waals surface area contributed by atoms with E-state index in [1.165, 1.54) is 0 Å². The fourth-order valence-electron chi connectivity index (χ4n) is 2.51. The van der Waals surface area contributed by atoms with Gasteiger partial charge in [0.25, 0.3) is 5.91 Å².